The fourth-order valence-electron chi connectivity index (χ4n) is 2.18. The third-order valence-electron chi connectivity index (χ3n) is 3.24. The van der Waals surface area contributed by atoms with E-state index >= 15 is 0 Å². The van der Waals surface area contributed by atoms with Gasteiger partial charge in [-0.15, -0.1) is 0 Å². The van der Waals surface area contributed by atoms with Crippen molar-refractivity contribution in [1.82, 2.24) is 5.32 Å². The van der Waals surface area contributed by atoms with Crippen LogP contribution in [0.15, 0.2) is 36.4 Å². The summed E-state index contributed by atoms with van der Waals surface area (Å²) in [5.41, 5.74) is 4.84. The lowest BCUT2D eigenvalue weighted by atomic mass is 9.97. The van der Waals surface area contributed by atoms with Crippen LogP contribution in [0.4, 0.5) is 0 Å². The van der Waals surface area contributed by atoms with E-state index in [2.05, 4.69) is 37.4 Å². The zero-order valence-corrected chi connectivity index (χ0v) is 13.4. The molecule has 0 saturated carbocycles. The topological polar surface area (TPSA) is 12.0 Å². The molecule has 1 N–H and O–H groups in total. The quantitative estimate of drug-likeness (QED) is 0.722. The van der Waals surface area contributed by atoms with Crippen LogP contribution in [0.25, 0.3) is 11.1 Å². The first-order valence-electron chi connectivity index (χ1n) is 6.87. The minimum absolute atomic E-state index is 0.591. The summed E-state index contributed by atoms with van der Waals surface area (Å²) in [6, 6.07) is 12.3. The normalized spacial score (nSPS) is 10.8. The number of nitrogens with one attached hydrogen (secondary N) is 1. The molecule has 3 heteroatoms. The van der Waals surface area contributed by atoms with Crippen LogP contribution >= 0.6 is 23.2 Å². The fraction of sp³-hybridized carbons (Fsp3) is 0.294. The zero-order chi connectivity index (χ0) is 14.5. The third-order valence-corrected chi connectivity index (χ3v) is 3.98. The summed E-state index contributed by atoms with van der Waals surface area (Å²) < 4.78 is 0. The highest BCUT2D eigenvalue weighted by molar-refractivity contribution is 6.42. The van der Waals surface area contributed by atoms with E-state index in [1.807, 2.05) is 18.2 Å². The molecule has 0 aliphatic heterocycles. The number of benzene rings is 2. The second-order valence-electron chi connectivity index (χ2n) is 4.97. The predicted octanol–water partition coefficient (Wildman–Crippen LogP) is 5.47. The van der Waals surface area contributed by atoms with Crippen LogP contribution < -0.4 is 5.32 Å². The van der Waals surface area contributed by atoms with E-state index in [0.717, 1.165) is 25.1 Å². The van der Waals surface area contributed by atoms with E-state index in [-0.39, 0.29) is 0 Å². The Labute approximate surface area is 130 Å². The lowest BCUT2D eigenvalue weighted by Gasteiger charge is -2.12. The standard InChI is InChI=1S/C17H19Cl2N/c1-3-8-20-11-14-5-4-12(2)9-15(14)13-6-7-16(18)17(19)10-13/h4-7,9-10,20H,3,8,11H2,1-2H3. The van der Waals surface area contributed by atoms with Crippen LogP contribution in [0.3, 0.4) is 0 Å². The first-order valence-corrected chi connectivity index (χ1v) is 7.63. The Bertz CT molecular complexity index is 594. The van der Waals surface area contributed by atoms with Gasteiger partial charge in [-0.1, -0.05) is 60.0 Å². The molecule has 0 saturated heterocycles. The van der Waals surface area contributed by atoms with Gasteiger partial charge in [0, 0.05) is 6.54 Å². The number of aryl methyl sites for hydroxylation is 1. The Balaban J connectivity index is 2.37. The van der Waals surface area contributed by atoms with Crippen molar-refractivity contribution in [3.63, 3.8) is 0 Å². The maximum Gasteiger partial charge on any atom is 0.0598 e. The number of hydrogen-bond acceptors (Lipinski definition) is 1. The largest absolute Gasteiger partial charge is 0.313 e. The second kappa shape index (κ2) is 7.12. The minimum atomic E-state index is 0.591. The molecule has 2 aromatic rings. The molecule has 2 rings (SSSR count). The maximum absolute atomic E-state index is 6.14. The van der Waals surface area contributed by atoms with Gasteiger partial charge in [0.25, 0.3) is 0 Å². The van der Waals surface area contributed by atoms with Gasteiger partial charge in [0.15, 0.2) is 0 Å². The van der Waals surface area contributed by atoms with Gasteiger partial charge in [-0.3, -0.25) is 0 Å². The molecule has 0 fully saturated rings. The molecule has 0 spiro atoms. The van der Waals surface area contributed by atoms with Gasteiger partial charge < -0.3 is 5.32 Å². The van der Waals surface area contributed by atoms with Gasteiger partial charge >= 0.3 is 0 Å². The molecule has 0 aliphatic carbocycles. The van der Waals surface area contributed by atoms with Crippen molar-refractivity contribution in [2.24, 2.45) is 0 Å². The second-order valence-corrected chi connectivity index (χ2v) is 5.78. The van der Waals surface area contributed by atoms with Crippen molar-refractivity contribution in [1.29, 1.82) is 0 Å². The van der Waals surface area contributed by atoms with Crippen LogP contribution in [0, 0.1) is 6.92 Å². The predicted molar refractivity (Wildman–Crippen MR) is 88.6 cm³/mol. The number of halogens is 2. The highest BCUT2D eigenvalue weighted by atomic mass is 35.5. The molecular weight excluding hydrogens is 289 g/mol. The number of hydrogen-bond donors (Lipinski definition) is 1. The van der Waals surface area contributed by atoms with Crippen molar-refractivity contribution in [3.05, 3.63) is 57.6 Å². The fourth-order valence-corrected chi connectivity index (χ4v) is 2.47. The van der Waals surface area contributed by atoms with Crippen molar-refractivity contribution in [2.45, 2.75) is 26.8 Å². The maximum atomic E-state index is 6.14. The Kier molecular flexibility index (Phi) is 5.47. The van der Waals surface area contributed by atoms with Crippen LogP contribution in [-0.4, -0.2) is 6.54 Å². The van der Waals surface area contributed by atoms with E-state index in [0.29, 0.717) is 10.0 Å². The average Bonchev–Trinajstić information content (AvgIpc) is 2.44. The lowest BCUT2D eigenvalue weighted by molar-refractivity contribution is 0.676. The van der Waals surface area contributed by atoms with Crippen molar-refractivity contribution in [3.8, 4) is 11.1 Å². The molecule has 0 amide bonds. The molecule has 0 aliphatic rings. The molecule has 1 nitrogen and oxygen atoms in total. The van der Waals surface area contributed by atoms with E-state index in [1.165, 1.54) is 16.7 Å². The summed E-state index contributed by atoms with van der Waals surface area (Å²) in [5, 5.41) is 4.63. The van der Waals surface area contributed by atoms with E-state index < -0.39 is 0 Å². The van der Waals surface area contributed by atoms with Crippen LogP contribution in [-0.2, 0) is 6.54 Å². The first-order chi connectivity index (χ1) is 9.61. The van der Waals surface area contributed by atoms with Gasteiger partial charge in [-0.05, 0) is 48.7 Å². The van der Waals surface area contributed by atoms with E-state index in [1.54, 1.807) is 0 Å². The van der Waals surface area contributed by atoms with Gasteiger partial charge in [-0.2, -0.15) is 0 Å². The molecule has 106 valence electrons. The van der Waals surface area contributed by atoms with Gasteiger partial charge in [-0.25, -0.2) is 0 Å². The summed E-state index contributed by atoms with van der Waals surface area (Å²) in [6.07, 6.45) is 1.13. The molecule has 0 radical (unpaired) electrons. The van der Waals surface area contributed by atoms with Gasteiger partial charge in [0.1, 0.15) is 0 Å². The van der Waals surface area contributed by atoms with Crippen LogP contribution in [0.2, 0.25) is 10.0 Å². The van der Waals surface area contributed by atoms with Gasteiger partial charge in [0.05, 0.1) is 10.0 Å². The van der Waals surface area contributed by atoms with Crippen LogP contribution in [0.1, 0.15) is 24.5 Å². The first kappa shape index (κ1) is 15.4. The Morgan fingerprint density at radius 1 is 1.00 bits per heavy atom. The summed E-state index contributed by atoms with van der Waals surface area (Å²) in [5.74, 6) is 0. The SMILES string of the molecule is CCCNCc1ccc(C)cc1-c1ccc(Cl)c(Cl)c1. The van der Waals surface area contributed by atoms with Gasteiger partial charge in [0.2, 0.25) is 0 Å². The monoisotopic (exact) mass is 307 g/mol. The van der Waals surface area contributed by atoms with Crippen molar-refractivity contribution < 1.29 is 0 Å². The Morgan fingerprint density at radius 2 is 1.80 bits per heavy atom. The van der Waals surface area contributed by atoms with E-state index in [4.69, 9.17) is 23.2 Å². The Hall–Kier alpha value is -1.02. The average molecular weight is 308 g/mol. The highest BCUT2D eigenvalue weighted by Gasteiger charge is 2.07. The lowest BCUT2D eigenvalue weighted by Crippen LogP contribution is -2.14. The van der Waals surface area contributed by atoms with Crippen molar-refractivity contribution >= 4 is 23.2 Å². The minimum Gasteiger partial charge on any atom is -0.313 e. The summed E-state index contributed by atoms with van der Waals surface area (Å²) in [4.78, 5) is 0. The molecule has 20 heavy (non-hydrogen) atoms. The summed E-state index contributed by atoms with van der Waals surface area (Å²) >= 11 is 12.1. The number of rotatable bonds is 5. The summed E-state index contributed by atoms with van der Waals surface area (Å²) in [6.45, 7) is 6.16. The molecule has 0 atom stereocenters. The van der Waals surface area contributed by atoms with Crippen molar-refractivity contribution in [2.75, 3.05) is 6.54 Å². The smallest absolute Gasteiger partial charge is 0.0598 e. The summed E-state index contributed by atoms with van der Waals surface area (Å²) in [7, 11) is 0. The van der Waals surface area contributed by atoms with E-state index in [9.17, 15) is 0 Å². The molecule has 0 bridgehead atoms. The highest BCUT2D eigenvalue weighted by Crippen LogP contribution is 2.31. The molecular formula is C17H19Cl2N. The zero-order valence-electron chi connectivity index (χ0n) is 11.8. The van der Waals surface area contributed by atoms with Crippen LogP contribution in [0.5, 0.6) is 0 Å². The molecule has 2 aromatic carbocycles. The third kappa shape index (κ3) is 3.76. The molecule has 0 aromatic heterocycles. The Morgan fingerprint density at radius 3 is 2.50 bits per heavy atom. The molecule has 0 unspecified atom stereocenters. The molecule has 0 heterocycles.